The summed E-state index contributed by atoms with van der Waals surface area (Å²) in [6.45, 7) is 0.497. The molecule has 6 heteroatoms. The van der Waals surface area contributed by atoms with Gasteiger partial charge >= 0.3 is 0 Å². The van der Waals surface area contributed by atoms with Gasteiger partial charge in [-0.1, -0.05) is 23.2 Å². The zero-order valence-electron chi connectivity index (χ0n) is 11.6. The summed E-state index contributed by atoms with van der Waals surface area (Å²) in [6.07, 6.45) is 4.78. The summed E-state index contributed by atoms with van der Waals surface area (Å²) < 4.78 is 7.33. The Morgan fingerprint density at radius 2 is 2.14 bits per heavy atom. The van der Waals surface area contributed by atoms with Crippen molar-refractivity contribution in [2.45, 2.75) is 6.42 Å². The molecule has 1 aromatic carbocycles. The van der Waals surface area contributed by atoms with Crippen molar-refractivity contribution in [3.8, 4) is 5.75 Å². The molecule has 1 N–H and O–H groups in total. The number of nitrogens with zero attached hydrogens (tertiary/aromatic N) is 1. The van der Waals surface area contributed by atoms with Gasteiger partial charge in [-0.3, -0.25) is 4.79 Å². The van der Waals surface area contributed by atoms with E-state index in [1.165, 1.54) is 5.56 Å². The summed E-state index contributed by atoms with van der Waals surface area (Å²) in [5, 5.41) is 3.72. The van der Waals surface area contributed by atoms with Crippen molar-refractivity contribution in [1.82, 2.24) is 9.88 Å². The van der Waals surface area contributed by atoms with Crippen LogP contribution in [-0.4, -0.2) is 23.6 Å². The molecule has 1 amide bonds. The number of nitrogens with one attached hydrogen (secondary N) is 1. The van der Waals surface area contributed by atoms with Crippen LogP contribution in [0.2, 0.25) is 10.0 Å². The molecule has 2 aromatic rings. The van der Waals surface area contributed by atoms with Gasteiger partial charge in [-0.05, 0) is 36.2 Å². The molecule has 0 spiro atoms. The van der Waals surface area contributed by atoms with E-state index in [0.29, 0.717) is 22.3 Å². The largest absolute Gasteiger partial charge is 0.482 e. The predicted molar refractivity (Wildman–Crippen MR) is 84.1 cm³/mol. The van der Waals surface area contributed by atoms with Gasteiger partial charge in [0.2, 0.25) is 0 Å². The molecule has 0 aliphatic heterocycles. The number of aryl methyl sites for hydroxylation is 1. The van der Waals surface area contributed by atoms with Crippen LogP contribution in [0.4, 0.5) is 0 Å². The zero-order valence-corrected chi connectivity index (χ0v) is 13.1. The molecule has 0 radical (unpaired) electrons. The summed E-state index contributed by atoms with van der Waals surface area (Å²) in [7, 11) is 1.96. The third-order valence-electron chi connectivity index (χ3n) is 2.88. The van der Waals surface area contributed by atoms with E-state index in [9.17, 15) is 4.79 Å². The number of carbonyl (C=O) groups excluding carboxylic acids is 1. The smallest absolute Gasteiger partial charge is 0.257 e. The van der Waals surface area contributed by atoms with E-state index in [0.717, 1.165) is 6.42 Å². The van der Waals surface area contributed by atoms with Gasteiger partial charge in [-0.15, -0.1) is 0 Å². The number of rotatable bonds is 6. The van der Waals surface area contributed by atoms with Gasteiger partial charge in [-0.2, -0.15) is 0 Å². The van der Waals surface area contributed by atoms with E-state index in [4.69, 9.17) is 27.9 Å². The van der Waals surface area contributed by atoms with E-state index in [1.54, 1.807) is 18.2 Å². The lowest BCUT2D eigenvalue weighted by Crippen LogP contribution is -2.30. The van der Waals surface area contributed by atoms with Crippen molar-refractivity contribution in [3.05, 3.63) is 52.3 Å². The number of hydrogen-bond acceptors (Lipinski definition) is 2. The maximum absolute atomic E-state index is 11.7. The van der Waals surface area contributed by atoms with E-state index < -0.39 is 0 Å². The molecule has 4 nitrogen and oxygen atoms in total. The Kier molecular flexibility index (Phi) is 5.53. The standard InChI is InChI=1S/C15H16Cl2N2O2/c1-19-7-5-11(9-19)4-6-18-15(20)10-21-14-3-2-12(16)8-13(14)17/h2-3,5,7-9H,4,6,10H2,1H3,(H,18,20). The highest BCUT2D eigenvalue weighted by Crippen LogP contribution is 2.27. The molecule has 0 saturated carbocycles. The molecule has 0 atom stereocenters. The van der Waals surface area contributed by atoms with Crippen LogP contribution < -0.4 is 10.1 Å². The lowest BCUT2D eigenvalue weighted by molar-refractivity contribution is -0.123. The highest BCUT2D eigenvalue weighted by molar-refractivity contribution is 6.35. The Balaban J connectivity index is 1.72. The monoisotopic (exact) mass is 326 g/mol. The summed E-state index contributed by atoms with van der Waals surface area (Å²) in [5.41, 5.74) is 1.18. The van der Waals surface area contributed by atoms with E-state index in [-0.39, 0.29) is 12.5 Å². The Hall–Kier alpha value is -1.65. The number of hydrogen-bond donors (Lipinski definition) is 1. The second-order valence-corrected chi connectivity index (χ2v) is 5.49. The molecule has 0 fully saturated rings. The fourth-order valence-corrected chi connectivity index (χ4v) is 2.30. The fourth-order valence-electron chi connectivity index (χ4n) is 1.84. The first-order valence-electron chi connectivity index (χ1n) is 6.50. The topological polar surface area (TPSA) is 43.3 Å². The van der Waals surface area contributed by atoms with Crippen LogP contribution in [0.3, 0.4) is 0 Å². The van der Waals surface area contributed by atoms with Gasteiger partial charge < -0.3 is 14.6 Å². The second-order valence-electron chi connectivity index (χ2n) is 4.65. The number of benzene rings is 1. The van der Waals surface area contributed by atoms with Crippen molar-refractivity contribution in [2.24, 2.45) is 7.05 Å². The van der Waals surface area contributed by atoms with E-state index >= 15 is 0 Å². The lowest BCUT2D eigenvalue weighted by Gasteiger charge is -2.08. The first-order valence-corrected chi connectivity index (χ1v) is 7.25. The fraction of sp³-hybridized carbons (Fsp3) is 0.267. The number of ether oxygens (including phenoxy) is 1. The first-order chi connectivity index (χ1) is 10.0. The van der Waals surface area contributed by atoms with Crippen LogP contribution in [0, 0.1) is 0 Å². The highest BCUT2D eigenvalue weighted by Gasteiger charge is 2.06. The average molecular weight is 327 g/mol. The van der Waals surface area contributed by atoms with Gasteiger partial charge in [0.1, 0.15) is 5.75 Å². The Morgan fingerprint density at radius 3 is 2.81 bits per heavy atom. The van der Waals surface area contributed by atoms with Crippen LogP contribution in [0.25, 0.3) is 0 Å². The van der Waals surface area contributed by atoms with Gasteiger partial charge in [0.05, 0.1) is 5.02 Å². The molecular weight excluding hydrogens is 311 g/mol. The van der Waals surface area contributed by atoms with E-state index in [2.05, 4.69) is 5.32 Å². The minimum atomic E-state index is -0.183. The van der Waals surface area contributed by atoms with Crippen molar-refractivity contribution >= 4 is 29.1 Å². The molecule has 0 aliphatic rings. The average Bonchev–Trinajstić information content (AvgIpc) is 2.83. The number of amides is 1. The summed E-state index contributed by atoms with van der Waals surface area (Å²) in [6, 6.07) is 6.90. The number of carbonyl (C=O) groups is 1. The van der Waals surface area contributed by atoms with Gasteiger partial charge in [-0.25, -0.2) is 0 Å². The first kappa shape index (κ1) is 15.7. The van der Waals surface area contributed by atoms with Crippen LogP contribution in [0.1, 0.15) is 5.56 Å². The molecular formula is C15H16Cl2N2O2. The summed E-state index contributed by atoms with van der Waals surface area (Å²) in [5.74, 6) is 0.260. The second kappa shape index (κ2) is 7.38. The van der Waals surface area contributed by atoms with Crippen LogP contribution in [-0.2, 0) is 18.3 Å². The number of aromatic nitrogens is 1. The van der Waals surface area contributed by atoms with Crippen molar-refractivity contribution in [1.29, 1.82) is 0 Å². The lowest BCUT2D eigenvalue weighted by atomic mass is 10.2. The van der Waals surface area contributed by atoms with Crippen molar-refractivity contribution in [2.75, 3.05) is 13.2 Å². The molecule has 112 valence electrons. The van der Waals surface area contributed by atoms with E-state index in [1.807, 2.05) is 30.1 Å². The van der Waals surface area contributed by atoms with Gasteiger partial charge in [0.15, 0.2) is 6.61 Å². The predicted octanol–water partition coefficient (Wildman–Crippen LogP) is 3.07. The van der Waals surface area contributed by atoms with Crippen LogP contribution >= 0.6 is 23.2 Å². The molecule has 2 rings (SSSR count). The minimum Gasteiger partial charge on any atom is -0.482 e. The van der Waals surface area contributed by atoms with Crippen LogP contribution in [0.15, 0.2) is 36.7 Å². The molecule has 0 bridgehead atoms. The maximum atomic E-state index is 11.7. The van der Waals surface area contributed by atoms with Crippen molar-refractivity contribution < 1.29 is 9.53 Å². The Labute approximate surface area is 133 Å². The highest BCUT2D eigenvalue weighted by atomic mass is 35.5. The Morgan fingerprint density at radius 1 is 1.33 bits per heavy atom. The van der Waals surface area contributed by atoms with Gasteiger partial charge in [0, 0.05) is 31.0 Å². The Bertz CT molecular complexity index is 626. The summed E-state index contributed by atoms with van der Waals surface area (Å²) in [4.78, 5) is 11.7. The molecule has 21 heavy (non-hydrogen) atoms. The third-order valence-corrected chi connectivity index (χ3v) is 3.41. The van der Waals surface area contributed by atoms with Gasteiger partial charge in [0.25, 0.3) is 5.91 Å². The molecule has 0 aliphatic carbocycles. The quantitative estimate of drug-likeness (QED) is 0.886. The molecule has 1 aromatic heterocycles. The number of halogens is 2. The van der Waals surface area contributed by atoms with Crippen molar-refractivity contribution in [3.63, 3.8) is 0 Å². The molecule has 0 unspecified atom stereocenters. The molecule has 1 heterocycles. The third kappa shape index (κ3) is 4.99. The minimum absolute atomic E-state index is 0.0733. The maximum Gasteiger partial charge on any atom is 0.257 e. The van der Waals surface area contributed by atoms with Crippen LogP contribution in [0.5, 0.6) is 5.75 Å². The SMILES string of the molecule is Cn1ccc(CCNC(=O)COc2ccc(Cl)cc2Cl)c1. The molecule has 0 saturated heterocycles. The normalized spacial score (nSPS) is 10.4. The zero-order chi connectivity index (χ0) is 15.2. The summed E-state index contributed by atoms with van der Waals surface area (Å²) >= 11 is 11.7.